The molecule has 168 valence electrons. The van der Waals surface area contributed by atoms with Crippen LogP contribution in [0.25, 0.3) is 0 Å². The number of likely N-dealkylation sites (N-methyl/N-ethyl adjacent to an activating group) is 1. The van der Waals surface area contributed by atoms with Crippen molar-refractivity contribution in [1.82, 2.24) is 24.3 Å². The maximum Gasteiger partial charge on any atom is 0.253 e. The van der Waals surface area contributed by atoms with Gasteiger partial charge in [0.2, 0.25) is 0 Å². The van der Waals surface area contributed by atoms with E-state index in [2.05, 4.69) is 20.9 Å². The van der Waals surface area contributed by atoms with E-state index < -0.39 is 0 Å². The fraction of sp³-hybridized carbons (Fsp3) is 0.400. The molecular weight excluding hydrogens is 402 g/mol. The fourth-order valence-corrected chi connectivity index (χ4v) is 3.99. The van der Waals surface area contributed by atoms with Gasteiger partial charge < -0.3 is 14.2 Å². The van der Waals surface area contributed by atoms with Crippen molar-refractivity contribution in [1.29, 1.82) is 0 Å². The number of ether oxygens (including phenoxy) is 1. The lowest BCUT2D eigenvalue weighted by Gasteiger charge is -2.31. The number of imidazole rings is 1. The van der Waals surface area contributed by atoms with Crippen molar-refractivity contribution in [2.45, 2.75) is 39.0 Å². The van der Waals surface area contributed by atoms with Crippen molar-refractivity contribution < 1.29 is 9.53 Å². The highest BCUT2D eigenvalue weighted by molar-refractivity contribution is 5.94. The van der Waals surface area contributed by atoms with Gasteiger partial charge in [0.15, 0.2) is 0 Å². The number of aryl methyl sites for hydroxylation is 1. The van der Waals surface area contributed by atoms with Crippen LogP contribution in [0.2, 0.25) is 0 Å². The van der Waals surface area contributed by atoms with E-state index in [0.717, 1.165) is 56.3 Å². The topological polar surface area (TPSA) is 63.5 Å². The van der Waals surface area contributed by atoms with E-state index in [1.165, 1.54) is 0 Å². The molecule has 1 aliphatic heterocycles. The average Bonchev–Trinajstić information content (AvgIpc) is 3.24. The largest absolute Gasteiger partial charge is 0.490 e. The van der Waals surface area contributed by atoms with Crippen molar-refractivity contribution in [2.75, 3.05) is 26.7 Å². The van der Waals surface area contributed by atoms with Gasteiger partial charge in [0, 0.05) is 63.9 Å². The summed E-state index contributed by atoms with van der Waals surface area (Å²) in [6.07, 6.45) is 7.74. The molecule has 7 nitrogen and oxygen atoms in total. The summed E-state index contributed by atoms with van der Waals surface area (Å²) in [5.41, 5.74) is 1.78. The first-order chi connectivity index (χ1) is 15.6. The minimum Gasteiger partial charge on any atom is -0.490 e. The van der Waals surface area contributed by atoms with Crippen molar-refractivity contribution in [3.63, 3.8) is 0 Å². The van der Waals surface area contributed by atoms with Crippen molar-refractivity contribution >= 4 is 5.91 Å². The first-order valence-corrected chi connectivity index (χ1v) is 11.2. The Labute approximate surface area is 189 Å². The highest BCUT2D eigenvalue weighted by atomic mass is 16.5. The summed E-state index contributed by atoms with van der Waals surface area (Å²) in [6, 6.07) is 13.6. The van der Waals surface area contributed by atoms with Gasteiger partial charge in [0.1, 0.15) is 17.7 Å². The van der Waals surface area contributed by atoms with Gasteiger partial charge in [-0.1, -0.05) is 6.07 Å². The van der Waals surface area contributed by atoms with Crippen LogP contribution >= 0.6 is 0 Å². The number of likely N-dealkylation sites (tertiary alicyclic amines) is 1. The van der Waals surface area contributed by atoms with Crippen LogP contribution in [0.1, 0.15) is 34.7 Å². The van der Waals surface area contributed by atoms with Crippen LogP contribution in [-0.2, 0) is 13.1 Å². The third-order valence-corrected chi connectivity index (χ3v) is 6.00. The number of carbonyl (C=O) groups is 1. The molecule has 1 aliphatic rings. The number of hydrogen-bond donors (Lipinski definition) is 0. The predicted molar refractivity (Wildman–Crippen MR) is 124 cm³/mol. The van der Waals surface area contributed by atoms with Gasteiger partial charge in [-0.15, -0.1) is 0 Å². The Hall–Kier alpha value is -3.19. The molecule has 1 saturated heterocycles. The number of piperidine rings is 1. The highest BCUT2D eigenvalue weighted by Crippen LogP contribution is 2.21. The number of carbonyl (C=O) groups excluding carboxylic acids is 1. The van der Waals surface area contributed by atoms with Crippen LogP contribution in [0, 0.1) is 6.92 Å². The zero-order valence-electron chi connectivity index (χ0n) is 18.9. The van der Waals surface area contributed by atoms with Crippen LogP contribution in [0.3, 0.4) is 0 Å². The number of rotatable bonds is 8. The normalized spacial score (nSPS) is 14.9. The average molecular weight is 434 g/mol. The van der Waals surface area contributed by atoms with Gasteiger partial charge >= 0.3 is 0 Å². The Morgan fingerprint density at radius 3 is 2.53 bits per heavy atom. The standard InChI is InChI=1S/C25H31N5O2/c1-20-26-13-16-30(20)18-17-28(2)25(31)21-6-8-23(9-7-21)32-24-10-14-29(15-11-24)19-22-5-3-4-12-27-22/h3-9,12-13,16,24H,10-11,14-15,17-19H2,1-2H3. The van der Waals surface area contributed by atoms with E-state index in [1.807, 2.05) is 67.3 Å². The zero-order valence-corrected chi connectivity index (χ0v) is 18.9. The fourth-order valence-electron chi connectivity index (χ4n) is 3.99. The molecule has 0 spiro atoms. The second-order valence-corrected chi connectivity index (χ2v) is 8.33. The minimum atomic E-state index is 0.0112. The highest BCUT2D eigenvalue weighted by Gasteiger charge is 2.21. The first-order valence-electron chi connectivity index (χ1n) is 11.2. The van der Waals surface area contributed by atoms with Gasteiger partial charge in [-0.25, -0.2) is 4.98 Å². The molecule has 0 N–H and O–H groups in total. The van der Waals surface area contributed by atoms with E-state index in [-0.39, 0.29) is 12.0 Å². The molecule has 0 bridgehead atoms. The van der Waals surface area contributed by atoms with E-state index >= 15 is 0 Å². The third-order valence-electron chi connectivity index (χ3n) is 6.00. The van der Waals surface area contributed by atoms with Crippen LogP contribution in [0.5, 0.6) is 5.75 Å². The SMILES string of the molecule is Cc1nccn1CCN(C)C(=O)c1ccc(OC2CCN(Cc3ccccn3)CC2)cc1. The van der Waals surface area contributed by atoms with Crippen LogP contribution < -0.4 is 4.74 Å². The summed E-state index contributed by atoms with van der Waals surface area (Å²) in [6.45, 7) is 6.21. The van der Waals surface area contributed by atoms with E-state index in [4.69, 9.17) is 4.74 Å². The third kappa shape index (κ3) is 5.73. The van der Waals surface area contributed by atoms with Gasteiger partial charge in [-0.3, -0.25) is 14.7 Å². The molecule has 0 unspecified atom stereocenters. The summed E-state index contributed by atoms with van der Waals surface area (Å²) in [5, 5.41) is 0. The molecule has 3 aromatic rings. The quantitative estimate of drug-likeness (QED) is 0.545. The molecule has 1 aromatic carbocycles. The number of amides is 1. The molecule has 4 rings (SSSR count). The summed E-state index contributed by atoms with van der Waals surface area (Å²) in [4.78, 5) is 25.5. The van der Waals surface area contributed by atoms with Crippen molar-refractivity contribution in [3.8, 4) is 5.75 Å². The van der Waals surface area contributed by atoms with Gasteiger partial charge in [0.05, 0.1) is 5.69 Å². The Morgan fingerprint density at radius 1 is 1.09 bits per heavy atom. The number of nitrogens with zero attached hydrogens (tertiary/aromatic N) is 5. The Balaban J connectivity index is 1.23. The Bertz CT molecular complexity index is 995. The van der Waals surface area contributed by atoms with E-state index in [1.54, 1.807) is 11.1 Å². The lowest BCUT2D eigenvalue weighted by molar-refractivity contribution is 0.0789. The summed E-state index contributed by atoms with van der Waals surface area (Å²) >= 11 is 0. The number of aromatic nitrogens is 3. The summed E-state index contributed by atoms with van der Waals surface area (Å²) in [7, 11) is 1.83. The number of pyridine rings is 1. The molecule has 0 radical (unpaired) electrons. The zero-order chi connectivity index (χ0) is 22.3. The van der Waals surface area contributed by atoms with Crippen LogP contribution in [0.4, 0.5) is 0 Å². The maximum absolute atomic E-state index is 12.7. The minimum absolute atomic E-state index is 0.0112. The number of benzene rings is 1. The lowest BCUT2D eigenvalue weighted by Crippen LogP contribution is -2.38. The lowest BCUT2D eigenvalue weighted by atomic mass is 10.1. The maximum atomic E-state index is 12.7. The van der Waals surface area contributed by atoms with Gasteiger partial charge in [-0.2, -0.15) is 0 Å². The second kappa shape index (κ2) is 10.4. The van der Waals surface area contributed by atoms with Crippen LogP contribution in [0.15, 0.2) is 61.1 Å². The summed E-state index contributed by atoms with van der Waals surface area (Å²) in [5.74, 6) is 1.79. The Kier molecular flexibility index (Phi) is 7.17. The molecule has 32 heavy (non-hydrogen) atoms. The first kappa shape index (κ1) is 22.0. The summed E-state index contributed by atoms with van der Waals surface area (Å²) < 4.78 is 8.23. The number of hydrogen-bond acceptors (Lipinski definition) is 5. The van der Waals surface area contributed by atoms with E-state index in [0.29, 0.717) is 12.1 Å². The smallest absolute Gasteiger partial charge is 0.253 e. The molecular formula is C25H31N5O2. The molecule has 3 heterocycles. The molecule has 1 amide bonds. The Morgan fingerprint density at radius 2 is 1.88 bits per heavy atom. The monoisotopic (exact) mass is 433 g/mol. The van der Waals surface area contributed by atoms with Gasteiger partial charge in [-0.05, 0) is 56.2 Å². The van der Waals surface area contributed by atoms with Crippen LogP contribution in [-0.4, -0.2) is 63.0 Å². The van der Waals surface area contributed by atoms with Gasteiger partial charge in [0.25, 0.3) is 5.91 Å². The second-order valence-electron chi connectivity index (χ2n) is 8.33. The van der Waals surface area contributed by atoms with Crippen molar-refractivity contribution in [3.05, 3.63) is 78.1 Å². The molecule has 2 aromatic heterocycles. The molecule has 0 aliphatic carbocycles. The molecule has 0 saturated carbocycles. The molecule has 0 atom stereocenters. The molecule has 1 fully saturated rings. The predicted octanol–water partition coefficient (Wildman–Crippen LogP) is 3.40. The van der Waals surface area contributed by atoms with E-state index in [9.17, 15) is 4.79 Å². The molecule has 7 heteroatoms. The van der Waals surface area contributed by atoms with Crippen molar-refractivity contribution in [2.24, 2.45) is 0 Å².